The molecule has 0 heterocycles. The molecule has 0 aromatic rings. The summed E-state index contributed by atoms with van der Waals surface area (Å²) in [5.74, 6) is 0.0208. The first-order valence-electron chi connectivity index (χ1n) is 1.56. The molecule has 0 aromatic heterocycles. The second kappa shape index (κ2) is 4.43. The number of hydrogen-bond acceptors (Lipinski definition) is 2. The van der Waals surface area contributed by atoms with Crippen molar-refractivity contribution in [1.29, 1.82) is 0 Å². The molecule has 0 saturated carbocycles. The Morgan fingerprint density at radius 3 is 1.71 bits per heavy atom. The van der Waals surface area contributed by atoms with Crippen molar-refractivity contribution >= 4 is 61.4 Å². The van der Waals surface area contributed by atoms with Gasteiger partial charge in [-0.2, -0.15) is 0 Å². The molecule has 0 atom stereocenters. The van der Waals surface area contributed by atoms with E-state index in [0.29, 0.717) is 0 Å². The predicted molar refractivity (Wildman–Crippen MR) is 30.8 cm³/mol. The van der Waals surface area contributed by atoms with Gasteiger partial charge in [0.1, 0.15) is 0 Å². The number of sulfonamides is 1. The molecule has 0 rings (SSSR count). The Morgan fingerprint density at radius 1 is 1.57 bits per heavy atom. The van der Waals surface area contributed by atoms with Crippen molar-refractivity contribution in [2.24, 2.45) is 5.14 Å². The Hall–Kier alpha value is 1.55. The maximum absolute atomic E-state index is 9.78. The first-order valence-corrected chi connectivity index (χ1v) is 3.28. The minimum atomic E-state index is -3.16. The molecular weight excluding hydrogens is 141 g/mol. The van der Waals surface area contributed by atoms with Gasteiger partial charge in [0, 0.05) is 0 Å². The van der Waals surface area contributed by atoms with Gasteiger partial charge < -0.3 is 0 Å². The minimum absolute atomic E-state index is 0. The molecule has 5 heteroatoms. The molecule has 0 unspecified atom stereocenters. The van der Waals surface area contributed by atoms with Gasteiger partial charge >= 0.3 is 51.4 Å². The Labute approximate surface area is 86.1 Å². The van der Waals surface area contributed by atoms with E-state index in [-0.39, 0.29) is 57.1 Å². The van der Waals surface area contributed by atoms with E-state index < -0.39 is 10.0 Å². The molecule has 0 saturated heterocycles. The molecule has 3 nitrogen and oxygen atoms in total. The van der Waals surface area contributed by atoms with Gasteiger partial charge in [0.05, 0.1) is 5.75 Å². The van der Waals surface area contributed by atoms with Crippen LogP contribution >= 0.6 is 0 Å². The van der Waals surface area contributed by atoms with Crippen molar-refractivity contribution < 1.29 is 8.42 Å². The predicted octanol–water partition coefficient (Wildman–Crippen LogP) is -1.35. The van der Waals surface area contributed by atoms with Crippen LogP contribution in [0, 0.1) is 0 Å². The molecular formula is C2H8KNO2S. The van der Waals surface area contributed by atoms with E-state index in [9.17, 15) is 8.42 Å². The Bertz CT molecular complexity index is 118. The van der Waals surface area contributed by atoms with E-state index in [4.69, 9.17) is 0 Å². The van der Waals surface area contributed by atoms with Gasteiger partial charge in [0.2, 0.25) is 10.0 Å². The topological polar surface area (TPSA) is 60.2 Å². The second-order valence-electron chi connectivity index (χ2n) is 0.952. The van der Waals surface area contributed by atoms with Gasteiger partial charge in [-0.15, -0.1) is 0 Å². The summed E-state index contributed by atoms with van der Waals surface area (Å²) in [7, 11) is -3.16. The van der Waals surface area contributed by atoms with Gasteiger partial charge in [0.15, 0.2) is 0 Å². The van der Waals surface area contributed by atoms with Gasteiger partial charge in [-0.25, -0.2) is 13.6 Å². The van der Waals surface area contributed by atoms with E-state index >= 15 is 0 Å². The number of hydrogen-bond donors (Lipinski definition) is 1. The Kier molecular flexibility index (Phi) is 7.18. The van der Waals surface area contributed by atoms with Crippen LogP contribution in [0.2, 0.25) is 0 Å². The van der Waals surface area contributed by atoms with Gasteiger partial charge in [-0.3, -0.25) is 0 Å². The van der Waals surface area contributed by atoms with E-state index in [1.807, 2.05) is 0 Å². The molecule has 0 aliphatic heterocycles. The molecule has 40 valence electrons. The van der Waals surface area contributed by atoms with Crippen LogP contribution < -0.4 is 5.14 Å². The summed E-state index contributed by atoms with van der Waals surface area (Å²) in [6.07, 6.45) is 0. The molecule has 0 fully saturated rings. The fraction of sp³-hybridized carbons (Fsp3) is 1.00. The molecule has 7 heavy (non-hydrogen) atoms. The zero-order valence-electron chi connectivity index (χ0n) is 3.51. The summed E-state index contributed by atoms with van der Waals surface area (Å²) in [5.41, 5.74) is 0. The average Bonchev–Trinajstić information content (AvgIpc) is 1.35. The Balaban J connectivity index is 0. The fourth-order valence-corrected chi connectivity index (χ4v) is 0. The van der Waals surface area contributed by atoms with E-state index in [1.54, 1.807) is 0 Å². The van der Waals surface area contributed by atoms with Gasteiger partial charge in [-0.1, -0.05) is 0 Å². The molecule has 2 N–H and O–H groups in total. The maximum atomic E-state index is 9.78. The van der Waals surface area contributed by atoms with Crippen molar-refractivity contribution in [3.63, 3.8) is 0 Å². The molecule has 0 aromatic carbocycles. The van der Waals surface area contributed by atoms with E-state index in [0.717, 1.165) is 0 Å². The van der Waals surface area contributed by atoms with E-state index in [1.165, 1.54) is 6.92 Å². The summed E-state index contributed by atoms with van der Waals surface area (Å²) in [6.45, 7) is 1.50. The van der Waals surface area contributed by atoms with Crippen molar-refractivity contribution in [1.82, 2.24) is 0 Å². The molecule has 0 aliphatic rings. The second-order valence-corrected chi connectivity index (χ2v) is 2.85. The summed E-state index contributed by atoms with van der Waals surface area (Å²) >= 11 is 0. The third kappa shape index (κ3) is 11.2. The first-order chi connectivity index (χ1) is 2.56. The molecule has 0 aliphatic carbocycles. The number of primary sulfonamides is 1. The van der Waals surface area contributed by atoms with E-state index in [2.05, 4.69) is 5.14 Å². The van der Waals surface area contributed by atoms with Crippen LogP contribution in [-0.4, -0.2) is 65.6 Å². The summed E-state index contributed by atoms with van der Waals surface area (Å²) < 4.78 is 19.6. The third-order valence-corrected chi connectivity index (χ3v) is 1.21. The van der Waals surface area contributed by atoms with Gasteiger partial charge in [0.25, 0.3) is 0 Å². The standard InChI is InChI=1S/C2H7NO2S.K.H/c1-2-6(3,4)5;;/h2H2,1H3,(H2,3,4,5);;. The van der Waals surface area contributed by atoms with Crippen LogP contribution in [0.5, 0.6) is 0 Å². The average molecular weight is 149 g/mol. The van der Waals surface area contributed by atoms with Crippen molar-refractivity contribution in [3.05, 3.63) is 0 Å². The summed E-state index contributed by atoms with van der Waals surface area (Å²) in [6, 6.07) is 0. The Morgan fingerprint density at radius 2 is 1.71 bits per heavy atom. The summed E-state index contributed by atoms with van der Waals surface area (Å²) in [5, 5.41) is 4.51. The molecule has 0 bridgehead atoms. The van der Waals surface area contributed by atoms with Crippen molar-refractivity contribution in [3.8, 4) is 0 Å². The zero-order valence-corrected chi connectivity index (χ0v) is 4.33. The molecule has 0 radical (unpaired) electrons. The van der Waals surface area contributed by atoms with Crippen LogP contribution in [0.15, 0.2) is 0 Å². The zero-order chi connectivity index (χ0) is 5.21. The normalized spacial score (nSPS) is 10.0. The van der Waals surface area contributed by atoms with Gasteiger partial charge in [-0.05, 0) is 6.92 Å². The SMILES string of the molecule is CCS(N)(=O)=O.[KH]. The van der Waals surface area contributed by atoms with Crippen LogP contribution in [0.1, 0.15) is 6.92 Å². The number of nitrogens with two attached hydrogens (primary N) is 1. The fourth-order valence-electron chi connectivity index (χ4n) is 0. The van der Waals surface area contributed by atoms with Crippen LogP contribution in [0.25, 0.3) is 0 Å². The number of rotatable bonds is 1. The monoisotopic (exact) mass is 149 g/mol. The van der Waals surface area contributed by atoms with Crippen LogP contribution in [0.4, 0.5) is 0 Å². The van der Waals surface area contributed by atoms with Crippen LogP contribution in [0.3, 0.4) is 0 Å². The van der Waals surface area contributed by atoms with Crippen LogP contribution in [-0.2, 0) is 10.0 Å². The molecule has 0 spiro atoms. The summed E-state index contributed by atoms with van der Waals surface area (Å²) in [4.78, 5) is 0. The third-order valence-electron chi connectivity index (χ3n) is 0.402. The molecule has 0 amide bonds. The van der Waals surface area contributed by atoms with Crippen molar-refractivity contribution in [2.45, 2.75) is 6.92 Å². The first kappa shape index (κ1) is 11.4. The quantitative estimate of drug-likeness (QED) is 0.468. The van der Waals surface area contributed by atoms with Crippen molar-refractivity contribution in [2.75, 3.05) is 5.75 Å².